The first-order valence-electron chi connectivity index (χ1n) is 4.48. The second kappa shape index (κ2) is 5.57. The van der Waals surface area contributed by atoms with Crippen molar-refractivity contribution in [2.75, 3.05) is 11.9 Å². The number of hydrogen-bond donors (Lipinski definition) is 2. The average molecular weight is 288 g/mol. The zero-order valence-corrected chi connectivity index (χ0v) is 9.86. The van der Waals surface area contributed by atoms with Gasteiger partial charge in [-0.15, -0.1) is 0 Å². The minimum absolute atomic E-state index is 0.0446. The van der Waals surface area contributed by atoms with Gasteiger partial charge in [0.15, 0.2) is 0 Å². The molecule has 0 aliphatic carbocycles. The van der Waals surface area contributed by atoms with E-state index in [1.165, 1.54) is 18.2 Å². The highest BCUT2D eigenvalue weighted by atomic mass is 79.9. The number of nitro groups is 1. The molecular weight excluding hydrogens is 278 g/mol. The standard InChI is InChI=1S/C9H10BrN3O3/c10-7-5-6(12-9(14)3-4-11)1-2-8(7)13(15)16/h1-2,5H,3-4,11H2,(H,12,14). The topological polar surface area (TPSA) is 98.3 Å². The lowest BCUT2D eigenvalue weighted by Gasteiger charge is -2.04. The van der Waals surface area contributed by atoms with E-state index in [1.54, 1.807) is 0 Å². The Morgan fingerprint density at radius 1 is 1.56 bits per heavy atom. The predicted octanol–water partition coefficient (Wildman–Crippen LogP) is 1.64. The smallest absolute Gasteiger partial charge is 0.283 e. The van der Waals surface area contributed by atoms with Crippen molar-refractivity contribution < 1.29 is 9.72 Å². The summed E-state index contributed by atoms with van der Waals surface area (Å²) in [4.78, 5) is 21.2. The van der Waals surface area contributed by atoms with Gasteiger partial charge >= 0.3 is 0 Å². The lowest BCUT2D eigenvalue weighted by molar-refractivity contribution is -0.385. The van der Waals surface area contributed by atoms with Crippen molar-refractivity contribution in [3.8, 4) is 0 Å². The van der Waals surface area contributed by atoms with Crippen molar-refractivity contribution in [1.29, 1.82) is 0 Å². The number of nitro benzene ring substituents is 1. The monoisotopic (exact) mass is 287 g/mol. The molecule has 0 bridgehead atoms. The van der Waals surface area contributed by atoms with Crippen LogP contribution in [0, 0.1) is 10.1 Å². The molecule has 7 heteroatoms. The lowest BCUT2D eigenvalue weighted by atomic mass is 10.2. The van der Waals surface area contributed by atoms with Crippen molar-refractivity contribution in [2.45, 2.75) is 6.42 Å². The van der Waals surface area contributed by atoms with E-state index in [4.69, 9.17) is 5.73 Å². The molecule has 0 unspecified atom stereocenters. The van der Waals surface area contributed by atoms with Gasteiger partial charge in [0.25, 0.3) is 5.69 Å². The van der Waals surface area contributed by atoms with Gasteiger partial charge < -0.3 is 11.1 Å². The number of rotatable bonds is 4. The fourth-order valence-electron chi connectivity index (χ4n) is 1.09. The number of nitrogens with zero attached hydrogens (tertiary/aromatic N) is 1. The fourth-order valence-corrected chi connectivity index (χ4v) is 1.61. The number of benzene rings is 1. The van der Waals surface area contributed by atoms with Gasteiger partial charge in [0.2, 0.25) is 5.91 Å². The molecule has 0 aliphatic heterocycles. The lowest BCUT2D eigenvalue weighted by Crippen LogP contribution is -2.16. The molecule has 86 valence electrons. The van der Waals surface area contributed by atoms with E-state index < -0.39 is 4.92 Å². The number of anilines is 1. The van der Waals surface area contributed by atoms with E-state index in [-0.39, 0.29) is 24.6 Å². The first-order chi connectivity index (χ1) is 7.54. The Morgan fingerprint density at radius 2 is 2.25 bits per heavy atom. The van der Waals surface area contributed by atoms with E-state index in [2.05, 4.69) is 21.2 Å². The molecule has 0 aromatic heterocycles. The SMILES string of the molecule is NCCC(=O)Nc1ccc([N+](=O)[O-])c(Br)c1. The van der Waals surface area contributed by atoms with E-state index in [0.717, 1.165) is 0 Å². The summed E-state index contributed by atoms with van der Waals surface area (Å²) in [5, 5.41) is 13.1. The molecule has 1 amide bonds. The molecule has 0 saturated carbocycles. The quantitative estimate of drug-likeness (QED) is 0.650. The van der Waals surface area contributed by atoms with Gasteiger partial charge in [0.1, 0.15) is 0 Å². The Kier molecular flexibility index (Phi) is 4.39. The molecule has 6 nitrogen and oxygen atoms in total. The summed E-state index contributed by atoms with van der Waals surface area (Å²) in [6.45, 7) is 0.264. The largest absolute Gasteiger partial charge is 0.330 e. The maximum atomic E-state index is 11.2. The number of nitrogens with one attached hydrogen (secondary N) is 1. The normalized spacial score (nSPS) is 9.88. The van der Waals surface area contributed by atoms with Crippen molar-refractivity contribution in [3.05, 3.63) is 32.8 Å². The highest BCUT2D eigenvalue weighted by molar-refractivity contribution is 9.10. The van der Waals surface area contributed by atoms with Gasteiger partial charge in [-0.1, -0.05) is 0 Å². The maximum absolute atomic E-state index is 11.2. The third-order valence-corrected chi connectivity index (χ3v) is 2.43. The van der Waals surface area contributed by atoms with Gasteiger partial charge in [0.05, 0.1) is 9.40 Å². The van der Waals surface area contributed by atoms with Crippen molar-refractivity contribution in [3.63, 3.8) is 0 Å². The molecule has 0 heterocycles. The summed E-state index contributed by atoms with van der Waals surface area (Å²) >= 11 is 3.06. The summed E-state index contributed by atoms with van der Waals surface area (Å²) in [5.74, 6) is -0.219. The number of amides is 1. The second-order valence-corrected chi connectivity index (χ2v) is 3.86. The molecule has 3 N–H and O–H groups in total. The number of hydrogen-bond acceptors (Lipinski definition) is 4. The Balaban J connectivity index is 2.81. The minimum atomic E-state index is -0.504. The summed E-state index contributed by atoms with van der Waals surface area (Å²) in [6, 6.07) is 4.27. The predicted molar refractivity (Wildman–Crippen MR) is 63.1 cm³/mol. The maximum Gasteiger partial charge on any atom is 0.283 e. The summed E-state index contributed by atoms with van der Waals surface area (Å²) in [6.07, 6.45) is 0.217. The second-order valence-electron chi connectivity index (χ2n) is 3.01. The number of carbonyl (C=O) groups is 1. The molecule has 0 fully saturated rings. The van der Waals surface area contributed by atoms with Crippen LogP contribution in [0.3, 0.4) is 0 Å². The van der Waals surface area contributed by atoms with E-state index in [0.29, 0.717) is 10.2 Å². The van der Waals surface area contributed by atoms with Crippen LogP contribution < -0.4 is 11.1 Å². The number of halogens is 1. The van der Waals surface area contributed by atoms with Crippen LogP contribution in [0.2, 0.25) is 0 Å². The van der Waals surface area contributed by atoms with Gasteiger partial charge in [0, 0.05) is 24.7 Å². The zero-order chi connectivity index (χ0) is 12.1. The zero-order valence-electron chi connectivity index (χ0n) is 8.27. The van der Waals surface area contributed by atoms with Crippen LogP contribution in [0.25, 0.3) is 0 Å². The third kappa shape index (κ3) is 3.28. The van der Waals surface area contributed by atoms with Crippen LogP contribution in [-0.4, -0.2) is 17.4 Å². The highest BCUT2D eigenvalue weighted by Gasteiger charge is 2.12. The van der Waals surface area contributed by atoms with E-state index in [9.17, 15) is 14.9 Å². The Morgan fingerprint density at radius 3 is 2.75 bits per heavy atom. The summed E-state index contributed by atoms with van der Waals surface area (Å²) in [7, 11) is 0. The first-order valence-corrected chi connectivity index (χ1v) is 5.27. The van der Waals surface area contributed by atoms with Gasteiger partial charge in [-0.2, -0.15) is 0 Å². The summed E-state index contributed by atoms with van der Waals surface area (Å²) in [5.41, 5.74) is 5.67. The Labute approximate surface area is 100 Å². The number of nitrogens with two attached hydrogens (primary N) is 1. The third-order valence-electron chi connectivity index (χ3n) is 1.80. The molecule has 1 rings (SSSR count). The molecule has 0 spiro atoms. The minimum Gasteiger partial charge on any atom is -0.330 e. The van der Waals surface area contributed by atoms with Crippen LogP contribution in [0.5, 0.6) is 0 Å². The van der Waals surface area contributed by atoms with Crippen LogP contribution in [0.15, 0.2) is 22.7 Å². The van der Waals surface area contributed by atoms with Crippen LogP contribution in [-0.2, 0) is 4.79 Å². The molecule has 1 aromatic rings. The van der Waals surface area contributed by atoms with Gasteiger partial charge in [-0.3, -0.25) is 14.9 Å². The molecular formula is C9H10BrN3O3. The van der Waals surface area contributed by atoms with Crippen LogP contribution in [0.4, 0.5) is 11.4 Å². The van der Waals surface area contributed by atoms with Crippen LogP contribution >= 0.6 is 15.9 Å². The molecule has 0 radical (unpaired) electrons. The van der Waals surface area contributed by atoms with E-state index in [1.807, 2.05) is 0 Å². The molecule has 0 atom stereocenters. The van der Waals surface area contributed by atoms with Crippen molar-refractivity contribution in [2.24, 2.45) is 5.73 Å². The Bertz CT molecular complexity index is 422. The van der Waals surface area contributed by atoms with Gasteiger partial charge in [-0.05, 0) is 28.1 Å². The molecule has 1 aromatic carbocycles. The molecule has 0 saturated heterocycles. The average Bonchev–Trinajstić information content (AvgIpc) is 2.17. The fraction of sp³-hybridized carbons (Fsp3) is 0.222. The van der Waals surface area contributed by atoms with Crippen molar-refractivity contribution in [1.82, 2.24) is 0 Å². The first kappa shape index (κ1) is 12.6. The molecule has 16 heavy (non-hydrogen) atoms. The molecule has 0 aliphatic rings. The van der Waals surface area contributed by atoms with Crippen molar-refractivity contribution >= 4 is 33.2 Å². The Hall–Kier alpha value is -1.47. The van der Waals surface area contributed by atoms with Gasteiger partial charge in [-0.25, -0.2) is 0 Å². The number of carbonyl (C=O) groups excluding carboxylic acids is 1. The van der Waals surface area contributed by atoms with E-state index >= 15 is 0 Å². The van der Waals surface area contributed by atoms with Crippen LogP contribution in [0.1, 0.15) is 6.42 Å². The highest BCUT2D eigenvalue weighted by Crippen LogP contribution is 2.27. The summed E-state index contributed by atoms with van der Waals surface area (Å²) < 4.78 is 0.322.